The van der Waals surface area contributed by atoms with Gasteiger partial charge in [0.15, 0.2) is 5.65 Å². The Morgan fingerprint density at radius 3 is 2.73 bits per heavy atom. The SMILES string of the molecule is Cc1cc(-n2c(C(C)C)c(C3CC(C(=O)O)C3)c3nc4[nH]ncc4cc32)ccc1F. The van der Waals surface area contributed by atoms with Gasteiger partial charge in [0.25, 0.3) is 0 Å². The Kier molecular flexibility index (Phi) is 4.17. The van der Waals surface area contributed by atoms with Crippen LogP contribution in [0.15, 0.2) is 30.5 Å². The Morgan fingerprint density at radius 2 is 2.07 bits per heavy atom. The summed E-state index contributed by atoms with van der Waals surface area (Å²) in [6.45, 7) is 6.02. The molecule has 0 saturated heterocycles. The number of benzene rings is 1. The number of H-pyrrole nitrogens is 1. The maximum Gasteiger partial charge on any atom is 0.306 e. The fourth-order valence-electron chi connectivity index (χ4n) is 4.68. The second kappa shape index (κ2) is 6.65. The van der Waals surface area contributed by atoms with E-state index in [-0.39, 0.29) is 23.6 Å². The molecule has 30 heavy (non-hydrogen) atoms. The zero-order valence-electron chi connectivity index (χ0n) is 17.1. The van der Waals surface area contributed by atoms with Crippen LogP contribution in [-0.4, -0.2) is 30.8 Å². The summed E-state index contributed by atoms with van der Waals surface area (Å²) in [6.07, 6.45) is 2.96. The van der Waals surface area contributed by atoms with Crippen LogP contribution in [0.2, 0.25) is 0 Å². The Morgan fingerprint density at radius 1 is 1.30 bits per heavy atom. The highest BCUT2D eigenvalue weighted by Gasteiger charge is 2.39. The fraction of sp³-hybridized carbons (Fsp3) is 0.348. The lowest BCUT2D eigenvalue weighted by atomic mass is 9.70. The molecule has 3 aromatic heterocycles. The quantitative estimate of drug-likeness (QED) is 0.497. The third-order valence-electron chi connectivity index (χ3n) is 6.26. The molecule has 0 unspecified atom stereocenters. The first kappa shape index (κ1) is 18.8. The molecule has 4 aromatic rings. The van der Waals surface area contributed by atoms with E-state index in [1.165, 1.54) is 6.07 Å². The van der Waals surface area contributed by atoms with Crippen LogP contribution in [0.3, 0.4) is 0 Å². The largest absolute Gasteiger partial charge is 0.481 e. The molecule has 154 valence electrons. The molecule has 1 fully saturated rings. The summed E-state index contributed by atoms with van der Waals surface area (Å²) in [6, 6.07) is 7.19. The minimum atomic E-state index is -0.737. The summed E-state index contributed by atoms with van der Waals surface area (Å²) in [7, 11) is 0. The molecule has 0 amide bonds. The zero-order valence-corrected chi connectivity index (χ0v) is 17.1. The van der Waals surface area contributed by atoms with Crippen LogP contribution in [0.4, 0.5) is 4.39 Å². The number of pyridine rings is 1. The van der Waals surface area contributed by atoms with Crippen LogP contribution in [0.1, 0.15) is 55.3 Å². The van der Waals surface area contributed by atoms with E-state index < -0.39 is 5.97 Å². The highest BCUT2D eigenvalue weighted by Crippen LogP contribution is 2.48. The van der Waals surface area contributed by atoms with E-state index in [2.05, 4.69) is 34.7 Å². The van der Waals surface area contributed by atoms with Crippen molar-refractivity contribution in [2.45, 2.75) is 45.4 Å². The highest BCUT2D eigenvalue weighted by atomic mass is 19.1. The minimum absolute atomic E-state index is 0.140. The number of carboxylic acid groups (broad SMARTS) is 1. The van der Waals surface area contributed by atoms with Gasteiger partial charge in [-0.25, -0.2) is 9.37 Å². The van der Waals surface area contributed by atoms with Gasteiger partial charge >= 0.3 is 5.97 Å². The number of carbonyl (C=O) groups is 1. The van der Waals surface area contributed by atoms with Crippen LogP contribution >= 0.6 is 0 Å². The predicted molar refractivity (Wildman–Crippen MR) is 113 cm³/mol. The van der Waals surface area contributed by atoms with Crippen molar-refractivity contribution in [3.05, 3.63) is 53.1 Å². The van der Waals surface area contributed by atoms with Crippen molar-refractivity contribution in [1.29, 1.82) is 0 Å². The van der Waals surface area contributed by atoms with E-state index in [9.17, 15) is 14.3 Å². The number of hydrogen-bond donors (Lipinski definition) is 2. The topological polar surface area (TPSA) is 83.8 Å². The fourth-order valence-corrected chi connectivity index (χ4v) is 4.68. The summed E-state index contributed by atoms with van der Waals surface area (Å²) >= 11 is 0. The monoisotopic (exact) mass is 406 g/mol. The van der Waals surface area contributed by atoms with E-state index in [1.807, 2.05) is 6.07 Å². The molecule has 0 radical (unpaired) electrons. The number of fused-ring (bicyclic) bond motifs is 2. The number of carboxylic acids is 1. The standard InChI is InChI=1S/C23H23FN4O2/c1-11(2)21-19(13-7-14(8-13)23(29)30)20-18(9-15-10-25-27-22(15)26-20)28(21)16-4-5-17(24)12(3)6-16/h4-6,9-11,13-14H,7-8H2,1-3H3,(H,29,30)(H,25,26,27). The van der Waals surface area contributed by atoms with Gasteiger partial charge in [-0.1, -0.05) is 13.8 Å². The molecule has 2 N–H and O–H groups in total. The Hall–Kier alpha value is -3.22. The Bertz CT molecular complexity index is 1300. The van der Waals surface area contributed by atoms with Crippen LogP contribution in [0.5, 0.6) is 0 Å². The smallest absolute Gasteiger partial charge is 0.306 e. The summed E-state index contributed by atoms with van der Waals surface area (Å²) in [4.78, 5) is 16.3. The van der Waals surface area contributed by atoms with E-state index in [4.69, 9.17) is 4.98 Å². The number of aromatic amines is 1. The summed E-state index contributed by atoms with van der Waals surface area (Å²) in [5, 5.41) is 17.3. The third kappa shape index (κ3) is 2.72. The molecule has 1 aliphatic rings. The van der Waals surface area contributed by atoms with Crippen molar-refractivity contribution in [2.75, 3.05) is 0 Å². The van der Waals surface area contributed by atoms with Gasteiger partial charge in [0.05, 0.1) is 23.1 Å². The Balaban J connectivity index is 1.82. The zero-order chi connectivity index (χ0) is 21.2. The molecule has 1 aromatic carbocycles. The van der Waals surface area contributed by atoms with Gasteiger partial charge in [0.1, 0.15) is 5.82 Å². The van der Waals surface area contributed by atoms with Gasteiger partial charge in [-0.3, -0.25) is 9.89 Å². The van der Waals surface area contributed by atoms with Crippen molar-refractivity contribution >= 4 is 28.0 Å². The number of hydrogen-bond acceptors (Lipinski definition) is 3. The molecule has 0 spiro atoms. The van der Waals surface area contributed by atoms with Crippen molar-refractivity contribution in [1.82, 2.24) is 19.7 Å². The lowest BCUT2D eigenvalue weighted by Crippen LogP contribution is -2.29. The number of nitrogens with one attached hydrogen (secondary N) is 1. The molecule has 3 heterocycles. The van der Waals surface area contributed by atoms with Gasteiger partial charge in [-0.15, -0.1) is 0 Å². The van der Waals surface area contributed by atoms with E-state index in [1.54, 1.807) is 19.2 Å². The average molecular weight is 406 g/mol. The number of halogens is 1. The second-order valence-electron chi connectivity index (χ2n) is 8.59. The number of aliphatic carboxylic acids is 1. The molecule has 5 rings (SSSR count). The molecule has 0 aliphatic heterocycles. The average Bonchev–Trinajstić information content (AvgIpc) is 3.23. The summed E-state index contributed by atoms with van der Waals surface area (Å²) in [5.74, 6) is -0.960. The lowest BCUT2D eigenvalue weighted by molar-refractivity contribution is -0.145. The molecule has 1 aliphatic carbocycles. The minimum Gasteiger partial charge on any atom is -0.481 e. The number of rotatable bonds is 4. The Labute approximate surface area is 172 Å². The highest BCUT2D eigenvalue weighted by molar-refractivity contribution is 5.94. The molecule has 1 saturated carbocycles. The van der Waals surface area contributed by atoms with Crippen molar-refractivity contribution in [3.63, 3.8) is 0 Å². The van der Waals surface area contributed by atoms with Gasteiger partial charge in [0, 0.05) is 22.3 Å². The molecule has 0 bridgehead atoms. The van der Waals surface area contributed by atoms with E-state index in [0.29, 0.717) is 24.1 Å². The second-order valence-corrected chi connectivity index (χ2v) is 8.59. The van der Waals surface area contributed by atoms with E-state index in [0.717, 1.165) is 33.4 Å². The van der Waals surface area contributed by atoms with Gasteiger partial charge in [-0.05, 0) is 61.4 Å². The van der Waals surface area contributed by atoms with Crippen LogP contribution < -0.4 is 0 Å². The first-order valence-corrected chi connectivity index (χ1v) is 10.2. The van der Waals surface area contributed by atoms with Crippen molar-refractivity contribution < 1.29 is 14.3 Å². The maximum atomic E-state index is 14.0. The first-order chi connectivity index (χ1) is 14.3. The number of aromatic nitrogens is 4. The molecular weight excluding hydrogens is 383 g/mol. The van der Waals surface area contributed by atoms with Crippen molar-refractivity contribution in [3.8, 4) is 5.69 Å². The summed E-state index contributed by atoms with van der Waals surface area (Å²) < 4.78 is 16.1. The van der Waals surface area contributed by atoms with Crippen molar-refractivity contribution in [2.24, 2.45) is 5.92 Å². The number of nitrogens with zero attached hydrogens (tertiary/aromatic N) is 3. The third-order valence-corrected chi connectivity index (χ3v) is 6.26. The van der Waals surface area contributed by atoms with Crippen LogP contribution in [-0.2, 0) is 4.79 Å². The van der Waals surface area contributed by atoms with Gasteiger partial charge in [0.2, 0.25) is 0 Å². The first-order valence-electron chi connectivity index (χ1n) is 10.2. The predicted octanol–water partition coefficient (Wildman–Crippen LogP) is 5.05. The van der Waals surface area contributed by atoms with Gasteiger partial charge < -0.3 is 9.67 Å². The van der Waals surface area contributed by atoms with Crippen LogP contribution in [0, 0.1) is 18.7 Å². The molecule has 0 atom stereocenters. The number of aryl methyl sites for hydroxylation is 1. The van der Waals surface area contributed by atoms with E-state index >= 15 is 0 Å². The molecule has 7 heteroatoms. The summed E-state index contributed by atoms with van der Waals surface area (Å²) in [5.41, 5.74) is 6.19. The normalized spacial score (nSPS) is 19.0. The maximum absolute atomic E-state index is 14.0. The van der Waals surface area contributed by atoms with Gasteiger partial charge in [-0.2, -0.15) is 5.10 Å². The van der Waals surface area contributed by atoms with Crippen LogP contribution in [0.25, 0.3) is 27.8 Å². The molecular formula is C23H23FN4O2. The lowest BCUT2D eigenvalue weighted by Gasteiger charge is -2.33. The molecule has 6 nitrogen and oxygen atoms in total.